The fourth-order valence-corrected chi connectivity index (χ4v) is 5.96. The van der Waals surface area contributed by atoms with Crippen LogP contribution in [-0.2, 0) is 11.2 Å². The second-order valence-corrected chi connectivity index (χ2v) is 10.4. The van der Waals surface area contributed by atoms with Crippen LogP contribution >= 0.6 is 11.8 Å². The molecule has 4 aromatic rings. The molecule has 4 aromatic carbocycles. The summed E-state index contributed by atoms with van der Waals surface area (Å²) < 4.78 is 0. The molecule has 5 heteroatoms. The van der Waals surface area contributed by atoms with E-state index in [0.717, 1.165) is 33.4 Å². The largest absolute Gasteiger partial charge is 0.396 e. The summed E-state index contributed by atoms with van der Waals surface area (Å²) in [5, 5.41) is 42.4. The molecule has 0 spiro atoms. The summed E-state index contributed by atoms with van der Waals surface area (Å²) in [5.74, 6) is 0.599. The van der Waals surface area contributed by atoms with E-state index >= 15 is 0 Å². The van der Waals surface area contributed by atoms with E-state index in [9.17, 15) is 20.4 Å². The molecule has 192 valence electrons. The molecule has 0 aliphatic carbocycles. The molecule has 0 aliphatic heterocycles. The van der Waals surface area contributed by atoms with Crippen LogP contribution in [0, 0.1) is 0 Å². The van der Waals surface area contributed by atoms with Gasteiger partial charge in [-0.2, -0.15) is 11.8 Å². The van der Waals surface area contributed by atoms with E-state index in [4.69, 9.17) is 0 Å². The zero-order valence-electron chi connectivity index (χ0n) is 20.8. The van der Waals surface area contributed by atoms with Crippen LogP contribution in [0.15, 0.2) is 109 Å². The zero-order valence-corrected chi connectivity index (χ0v) is 21.6. The number of hydrogen-bond acceptors (Lipinski definition) is 5. The Balaban J connectivity index is 1.47. The molecule has 4 rings (SSSR count). The summed E-state index contributed by atoms with van der Waals surface area (Å²) >= 11 is 1.42. The minimum Gasteiger partial charge on any atom is -0.396 e. The van der Waals surface area contributed by atoms with E-state index in [1.807, 2.05) is 109 Å². The highest BCUT2D eigenvalue weighted by Crippen LogP contribution is 2.36. The Morgan fingerprint density at radius 2 is 0.784 bits per heavy atom. The molecule has 0 bridgehead atoms. The summed E-state index contributed by atoms with van der Waals surface area (Å²) in [7, 11) is 0. The van der Waals surface area contributed by atoms with E-state index in [1.165, 1.54) is 11.8 Å². The summed E-state index contributed by atoms with van der Waals surface area (Å²) in [4.78, 5) is 0. The second kappa shape index (κ2) is 12.5. The number of rotatable bonds is 12. The Bertz CT molecular complexity index is 1130. The van der Waals surface area contributed by atoms with Gasteiger partial charge in [0.25, 0.3) is 0 Å². The smallest absolute Gasteiger partial charge is 0.101 e. The average Bonchev–Trinajstić information content (AvgIpc) is 2.94. The first-order chi connectivity index (χ1) is 18.0. The molecule has 0 aromatic heterocycles. The maximum Gasteiger partial charge on any atom is 0.101 e. The van der Waals surface area contributed by atoms with Gasteiger partial charge in [-0.15, -0.1) is 0 Å². The van der Waals surface area contributed by atoms with Gasteiger partial charge in [-0.05, 0) is 33.4 Å². The summed E-state index contributed by atoms with van der Waals surface area (Å²) in [6, 6.07) is 35.6. The van der Waals surface area contributed by atoms with Gasteiger partial charge in [0.1, 0.15) is 11.2 Å². The Hall–Kier alpha value is -2.93. The standard InChI is InChI=1S/C32H34O4S/c33-21-19-31(35,29-15-11-27(12-16-29)25-7-3-1-4-8-25)23-37-24-32(36,20-22-34)30-17-13-28(14-18-30)26-9-5-2-6-10-26/h1-18,33-36H,19-24H2. The molecule has 0 heterocycles. The molecular weight excluding hydrogens is 480 g/mol. The van der Waals surface area contributed by atoms with Crippen LogP contribution in [0.3, 0.4) is 0 Å². The Kier molecular flexibility index (Phi) is 9.19. The Labute approximate surface area is 223 Å². The molecule has 4 nitrogen and oxygen atoms in total. The van der Waals surface area contributed by atoms with Crippen LogP contribution in [0.25, 0.3) is 22.3 Å². The Morgan fingerprint density at radius 3 is 1.11 bits per heavy atom. The van der Waals surface area contributed by atoms with Gasteiger partial charge < -0.3 is 20.4 Å². The molecule has 0 fully saturated rings. The van der Waals surface area contributed by atoms with E-state index < -0.39 is 11.2 Å². The van der Waals surface area contributed by atoms with Gasteiger partial charge in [0, 0.05) is 37.6 Å². The molecule has 0 saturated carbocycles. The average molecular weight is 515 g/mol. The van der Waals surface area contributed by atoms with Crippen molar-refractivity contribution in [3.8, 4) is 22.3 Å². The van der Waals surface area contributed by atoms with Crippen LogP contribution in [0.2, 0.25) is 0 Å². The van der Waals surface area contributed by atoms with Crippen LogP contribution in [-0.4, -0.2) is 45.1 Å². The quantitative estimate of drug-likeness (QED) is 0.198. The molecular formula is C32H34O4S. The third kappa shape index (κ3) is 6.69. The maximum atomic E-state index is 11.5. The minimum absolute atomic E-state index is 0.153. The maximum absolute atomic E-state index is 11.5. The lowest BCUT2D eigenvalue weighted by molar-refractivity contribution is 0.0298. The van der Waals surface area contributed by atoms with Crippen LogP contribution in [0.4, 0.5) is 0 Å². The van der Waals surface area contributed by atoms with Crippen molar-refractivity contribution >= 4 is 11.8 Å². The lowest BCUT2D eigenvalue weighted by Crippen LogP contribution is -2.34. The third-order valence-corrected chi connectivity index (χ3v) is 8.15. The van der Waals surface area contributed by atoms with Crippen molar-refractivity contribution < 1.29 is 20.4 Å². The summed E-state index contributed by atoms with van der Waals surface area (Å²) in [6.45, 7) is -0.307. The van der Waals surface area contributed by atoms with Gasteiger partial charge in [0.05, 0.1) is 0 Å². The lowest BCUT2D eigenvalue weighted by Gasteiger charge is -2.32. The number of thioether (sulfide) groups is 1. The van der Waals surface area contributed by atoms with Gasteiger partial charge >= 0.3 is 0 Å². The fourth-order valence-electron chi connectivity index (χ4n) is 4.57. The number of aliphatic hydroxyl groups excluding tert-OH is 2. The number of hydrogen-bond donors (Lipinski definition) is 4. The van der Waals surface area contributed by atoms with E-state index in [-0.39, 0.29) is 26.1 Å². The van der Waals surface area contributed by atoms with Crippen molar-refractivity contribution in [2.45, 2.75) is 24.0 Å². The first kappa shape index (κ1) is 27.1. The molecule has 37 heavy (non-hydrogen) atoms. The van der Waals surface area contributed by atoms with E-state index in [2.05, 4.69) is 0 Å². The van der Waals surface area contributed by atoms with Crippen LogP contribution in [0.1, 0.15) is 24.0 Å². The van der Waals surface area contributed by atoms with Crippen molar-refractivity contribution in [1.29, 1.82) is 0 Å². The van der Waals surface area contributed by atoms with Crippen molar-refractivity contribution in [1.82, 2.24) is 0 Å². The first-order valence-corrected chi connectivity index (χ1v) is 13.7. The first-order valence-electron chi connectivity index (χ1n) is 12.5. The van der Waals surface area contributed by atoms with Gasteiger partial charge in [-0.1, -0.05) is 109 Å². The van der Waals surface area contributed by atoms with E-state index in [1.54, 1.807) is 0 Å². The SMILES string of the molecule is OCCC(O)(CSCC(O)(CCO)c1ccc(-c2ccccc2)cc1)c1ccc(-c2ccccc2)cc1. The molecule has 0 amide bonds. The topological polar surface area (TPSA) is 80.9 Å². The van der Waals surface area contributed by atoms with Crippen molar-refractivity contribution in [3.63, 3.8) is 0 Å². The van der Waals surface area contributed by atoms with Crippen LogP contribution in [0.5, 0.6) is 0 Å². The predicted molar refractivity (Wildman–Crippen MR) is 152 cm³/mol. The van der Waals surface area contributed by atoms with Crippen molar-refractivity contribution in [2.75, 3.05) is 24.7 Å². The highest BCUT2D eigenvalue weighted by Gasteiger charge is 2.33. The Morgan fingerprint density at radius 1 is 0.459 bits per heavy atom. The van der Waals surface area contributed by atoms with Gasteiger partial charge in [0.2, 0.25) is 0 Å². The summed E-state index contributed by atoms with van der Waals surface area (Å²) in [6.07, 6.45) is 0.379. The molecule has 0 aliphatic rings. The highest BCUT2D eigenvalue weighted by atomic mass is 32.2. The van der Waals surface area contributed by atoms with Gasteiger partial charge in [-0.25, -0.2) is 0 Å². The summed E-state index contributed by atoms with van der Waals surface area (Å²) in [5.41, 5.74) is 3.28. The third-order valence-electron chi connectivity index (χ3n) is 6.79. The highest BCUT2D eigenvalue weighted by molar-refractivity contribution is 7.99. The van der Waals surface area contributed by atoms with Crippen LogP contribution < -0.4 is 0 Å². The van der Waals surface area contributed by atoms with Gasteiger partial charge in [-0.3, -0.25) is 0 Å². The zero-order chi connectivity index (χ0) is 26.1. The van der Waals surface area contributed by atoms with Crippen molar-refractivity contribution in [3.05, 3.63) is 120 Å². The minimum atomic E-state index is -1.24. The normalized spacial score (nSPS) is 14.6. The molecule has 0 saturated heterocycles. The molecule has 4 N–H and O–H groups in total. The monoisotopic (exact) mass is 514 g/mol. The molecule has 2 unspecified atom stereocenters. The van der Waals surface area contributed by atoms with Crippen molar-refractivity contribution in [2.24, 2.45) is 0 Å². The molecule has 0 radical (unpaired) electrons. The predicted octanol–water partition coefficient (Wildman–Crippen LogP) is 5.59. The number of benzene rings is 4. The van der Waals surface area contributed by atoms with E-state index in [0.29, 0.717) is 11.5 Å². The number of aliphatic hydroxyl groups is 4. The van der Waals surface area contributed by atoms with Gasteiger partial charge in [0.15, 0.2) is 0 Å². The lowest BCUT2D eigenvalue weighted by atomic mass is 9.91. The second-order valence-electron chi connectivity index (χ2n) is 9.39. The molecule has 2 atom stereocenters. The fraction of sp³-hybridized carbons (Fsp3) is 0.250.